The molecule has 1 heterocycles. The first-order valence-corrected chi connectivity index (χ1v) is 11.6. The van der Waals surface area contributed by atoms with Crippen molar-refractivity contribution in [1.82, 2.24) is 5.32 Å². The van der Waals surface area contributed by atoms with Gasteiger partial charge in [-0.1, -0.05) is 54.6 Å². The Morgan fingerprint density at radius 2 is 1.70 bits per heavy atom. The normalized spacial score (nSPS) is 16.9. The van der Waals surface area contributed by atoms with Crippen molar-refractivity contribution in [2.75, 3.05) is 4.72 Å². The summed E-state index contributed by atoms with van der Waals surface area (Å²) in [6.45, 7) is 2.91. The van der Waals surface area contributed by atoms with Crippen LogP contribution in [0.1, 0.15) is 24.5 Å². The highest BCUT2D eigenvalue weighted by atomic mass is 32.2. The summed E-state index contributed by atoms with van der Waals surface area (Å²) >= 11 is 0. The number of anilines is 1. The van der Waals surface area contributed by atoms with Crippen LogP contribution in [0.4, 0.5) is 5.69 Å². The zero-order chi connectivity index (χ0) is 21.0. The van der Waals surface area contributed by atoms with E-state index < -0.39 is 10.0 Å². The predicted molar refractivity (Wildman–Crippen MR) is 119 cm³/mol. The molecule has 1 aliphatic heterocycles. The molecular weight excluding hydrogens is 396 g/mol. The smallest absolute Gasteiger partial charge is 0.261 e. The lowest BCUT2D eigenvalue weighted by atomic mass is 9.98. The summed E-state index contributed by atoms with van der Waals surface area (Å²) in [6, 6.07) is 24.3. The fraction of sp³-hybridized carbons (Fsp3) is 0.250. The third-order valence-corrected chi connectivity index (χ3v) is 6.78. The molecule has 0 saturated carbocycles. The molecule has 2 unspecified atom stereocenters. The maximum atomic E-state index is 12.6. The van der Waals surface area contributed by atoms with Gasteiger partial charge in [-0.2, -0.15) is 0 Å². The van der Waals surface area contributed by atoms with Crippen LogP contribution < -0.4 is 14.8 Å². The van der Waals surface area contributed by atoms with Crippen LogP contribution in [0, 0.1) is 0 Å². The van der Waals surface area contributed by atoms with E-state index in [1.807, 2.05) is 24.3 Å². The van der Waals surface area contributed by atoms with Gasteiger partial charge in [0.1, 0.15) is 11.9 Å². The van der Waals surface area contributed by atoms with E-state index >= 15 is 0 Å². The number of fused-ring (bicyclic) bond motifs is 1. The zero-order valence-electron chi connectivity index (χ0n) is 16.9. The van der Waals surface area contributed by atoms with Crippen molar-refractivity contribution < 1.29 is 13.2 Å². The Bertz CT molecular complexity index is 1090. The Kier molecular flexibility index (Phi) is 6.06. The molecule has 1 aliphatic rings. The molecule has 0 bridgehead atoms. The third-order valence-electron chi connectivity index (χ3n) is 5.38. The van der Waals surface area contributed by atoms with E-state index in [2.05, 4.69) is 29.1 Å². The summed E-state index contributed by atoms with van der Waals surface area (Å²) < 4.78 is 34.1. The molecule has 4 rings (SSSR count). The van der Waals surface area contributed by atoms with Crippen LogP contribution in [-0.4, -0.2) is 20.6 Å². The molecule has 0 spiro atoms. The van der Waals surface area contributed by atoms with E-state index in [1.54, 1.807) is 42.5 Å². The first-order valence-electron chi connectivity index (χ1n) is 10.2. The van der Waals surface area contributed by atoms with Gasteiger partial charge in [0.15, 0.2) is 0 Å². The lowest BCUT2D eigenvalue weighted by molar-refractivity contribution is 0.135. The summed E-state index contributed by atoms with van der Waals surface area (Å²) in [7, 11) is -3.63. The lowest BCUT2D eigenvalue weighted by Gasteiger charge is -2.31. The molecule has 0 radical (unpaired) electrons. The SMILES string of the molecule is CC(NCc1ccccc1)C1CCc2ccc(NS(=O)(=O)c3ccccc3)cc2O1. The molecule has 3 aromatic rings. The van der Waals surface area contributed by atoms with Gasteiger partial charge in [-0.15, -0.1) is 0 Å². The summed E-state index contributed by atoms with van der Waals surface area (Å²) in [4.78, 5) is 0.236. The Hall–Kier alpha value is -2.83. The van der Waals surface area contributed by atoms with E-state index in [0.29, 0.717) is 5.69 Å². The van der Waals surface area contributed by atoms with Crippen molar-refractivity contribution in [3.05, 3.63) is 90.0 Å². The van der Waals surface area contributed by atoms with Gasteiger partial charge in [-0.05, 0) is 49.1 Å². The first kappa shape index (κ1) is 20.4. The number of ether oxygens (including phenoxy) is 1. The number of aryl methyl sites for hydroxylation is 1. The van der Waals surface area contributed by atoms with Gasteiger partial charge < -0.3 is 10.1 Å². The molecular formula is C24H26N2O3S. The molecule has 0 aliphatic carbocycles. The van der Waals surface area contributed by atoms with Crippen LogP contribution in [0.2, 0.25) is 0 Å². The van der Waals surface area contributed by atoms with Gasteiger partial charge in [0.05, 0.1) is 10.6 Å². The van der Waals surface area contributed by atoms with Crippen LogP contribution in [0.5, 0.6) is 5.75 Å². The summed E-state index contributed by atoms with van der Waals surface area (Å²) in [6.07, 6.45) is 1.86. The molecule has 30 heavy (non-hydrogen) atoms. The fourth-order valence-corrected chi connectivity index (χ4v) is 4.70. The van der Waals surface area contributed by atoms with Crippen LogP contribution in [-0.2, 0) is 23.0 Å². The number of sulfonamides is 1. The molecule has 6 heteroatoms. The van der Waals surface area contributed by atoms with Gasteiger partial charge in [-0.25, -0.2) is 8.42 Å². The number of hydrogen-bond donors (Lipinski definition) is 2. The highest BCUT2D eigenvalue weighted by Gasteiger charge is 2.25. The second-order valence-corrected chi connectivity index (χ2v) is 9.27. The highest BCUT2D eigenvalue weighted by Crippen LogP contribution is 2.32. The van der Waals surface area contributed by atoms with Gasteiger partial charge in [0.2, 0.25) is 0 Å². The van der Waals surface area contributed by atoms with E-state index in [4.69, 9.17) is 4.74 Å². The van der Waals surface area contributed by atoms with Crippen LogP contribution in [0.3, 0.4) is 0 Å². The van der Waals surface area contributed by atoms with Gasteiger partial charge in [0, 0.05) is 18.7 Å². The van der Waals surface area contributed by atoms with Crippen molar-refractivity contribution in [2.45, 2.75) is 43.4 Å². The van der Waals surface area contributed by atoms with Gasteiger partial charge in [-0.3, -0.25) is 4.72 Å². The number of nitrogens with one attached hydrogen (secondary N) is 2. The van der Waals surface area contributed by atoms with E-state index in [9.17, 15) is 8.42 Å². The fourth-order valence-electron chi connectivity index (χ4n) is 3.63. The highest BCUT2D eigenvalue weighted by molar-refractivity contribution is 7.92. The van der Waals surface area contributed by atoms with Crippen LogP contribution in [0.15, 0.2) is 83.8 Å². The van der Waals surface area contributed by atoms with Crippen molar-refractivity contribution in [2.24, 2.45) is 0 Å². The van der Waals surface area contributed by atoms with Crippen molar-refractivity contribution in [3.63, 3.8) is 0 Å². The molecule has 156 valence electrons. The second-order valence-electron chi connectivity index (χ2n) is 7.59. The second kappa shape index (κ2) is 8.90. The molecule has 5 nitrogen and oxygen atoms in total. The molecule has 0 fully saturated rings. The zero-order valence-corrected chi connectivity index (χ0v) is 17.7. The summed E-state index contributed by atoms with van der Waals surface area (Å²) in [5.74, 6) is 0.743. The summed E-state index contributed by atoms with van der Waals surface area (Å²) in [5, 5.41) is 3.54. The van der Waals surface area contributed by atoms with Crippen molar-refractivity contribution in [1.29, 1.82) is 0 Å². The largest absolute Gasteiger partial charge is 0.488 e. The van der Waals surface area contributed by atoms with Crippen molar-refractivity contribution >= 4 is 15.7 Å². The summed E-state index contributed by atoms with van der Waals surface area (Å²) in [5.41, 5.74) is 2.84. The number of hydrogen-bond acceptors (Lipinski definition) is 4. The average molecular weight is 423 g/mol. The van der Waals surface area contributed by atoms with E-state index in [1.165, 1.54) is 5.56 Å². The quantitative estimate of drug-likeness (QED) is 0.594. The Morgan fingerprint density at radius 1 is 1.00 bits per heavy atom. The minimum absolute atomic E-state index is 0.0298. The topological polar surface area (TPSA) is 67.4 Å². The molecule has 0 amide bonds. The van der Waals surface area contributed by atoms with Crippen LogP contribution in [0.25, 0.3) is 0 Å². The minimum atomic E-state index is -3.63. The molecule has 3 aromatic carbocycles. The first-order chi connectivity index (χ1) is 14.5. The van der Waals surface area contributed by atoms with Gasteiger partial charge in [0.25, 0.3) is 10.0 Å². The maximum Gasteiger partial charge on any atom is 0.261 e. The van der Waals surface area contributed by atoms with Crippen LogP contribution >= 0.6 is 0 Å². The minimum Gasteiger partial charge on any atom is -0.488 e. The molecule has 2 N–H and O–H groups in total. The van der Waals surface area contributed by atoms with Crippen molar-refractivity contribution in [3.8, 4) is 5.75 Å². The average Bonchev–Trinajstić information content (AvgIpc) is 2.78. The third kappa shape index (κ3) is 4.83. The number of benzene rings is 3. The van der Waals surface area contributed by atoms with E-state index in [-0.39, 0.29) is 17.0 Å². The number of rotatable bonds is 7. The predicted octanol–water partition coefficient (Wildman–Crippen LogP) is 4.36. The Morgan fingerprint density at radius 3 is 2.43 bits per heavy atom. The van der Waals surface area contributed by atoms with Gasteiger partial charge >= 0.3 is 0 Å². The Labute approximate surface area is 178 Å². The lowest BCUT2D eigenvalue weighted by Crippen LogP contribution is -2.42. The molecule has 0 aromatic heterocycles. The Balaban J connectivity index is 1.43. The molecule has 0 saturated heterocycles. The van der Waals surface area contributed by atoms with E-state index in [0.717, 1.165) is 30.7 Å². The standard InChI is InChI=1S/C24H26N2O3S/c1-18(25-17-19-8-4-2-5-9-19)23-15-13-20-12-14-21(16-24(20)29-23)26-30(27,28)22-10-6-3-7-11-22/h2-12,14,16,18,23,25-26H,13,15,17H2,1H3. The maximum absolute atomic E-state index is 12.6. The molecule has 2 atom stereocenters. The monoisotopic (exact) mass is 422 g/mol.